The van der Waals surface area contributed by atoms with Gasteiger partial charge < -0.3 is 9.84 Å². The molecule has 0 aromatic heterocycles. The van der Waals surface area contributed by atoms with Crippen molar-refractivity contribution in [3.63, 3.8) is 0 Å². The lowest BCUT2D eigenvalue weighted by atomic mass is 9.86. The number of rotatable bonds is 2. The SMILES string of the molecule is CC1CCCCC1OC1CC(O)C1. The predicted octanol–water partition coefficient (Wildman–Crippen LogP) is 2.11. The fraction of sp³-hybridized carbons (Fsp3) is 1.00. The quantitative estimate of drug-likeness (QED) is 0.712. The molecule has 0 aromatic rings. The molecular weight excluding hydrogens is 164 g/mol. The maximum atomic E-state index is 9.13. The van der Waals surface area contributed by atoms with Gasteiger partial charge in [0.2, 0.25) is 0 Å². The van der Waals surface area contributed by atoms with Crippen molar-refractivity contribution >= 4 is 0 Å². The van der Waals surface area contributed by atoms with Crippen LogP contribution >= 0.6 is 0 Å². The monoisotopic (exact) mass is 184 g/mol. The Morgan fingerprint density at radius 2 is 1.85 bits per heavy atom. The Hall–Kier alpha value is -0.0800. The van der Waals surface area contributed by atoms with E-state index in [1.54, 1.807) is 0 Å². The molecule has 2 aliphatic carbocycles. The maximum Gasteiger partial charge on any atom is 0.0628 e. The predicted molar refractivity (Wildman–Crippen MR) is 51.5 cm³/mol. The third-order valence-corrected chi connectivity index (χ3v) is 3.47. The van der Waals surface area contributed by atoms with Crippen LogP contribution in [0.2, 0.25) is 0 Å². The van der Waals surface area contributed by atoms with Crippen LogP contribution in [-0.4, -0.2) is 23.4 Å². The molecule has 2 atom stereocenters. The van der Waals surface area contributed by atoms with Gasteiger partial charge in [0.05, 0.1) is 18.3 Å². The van der Waals surface area contributed by atoms with Crippen LogP contribution in [0, 0.1) is 5.92 Å². The summed E-state index contributed by atoms with van der Waals surface area (Å²) in [6.07, 6.45) is 7.73. The van der Waals surface area contributed by atoms with Gasteiger partial charge in [0.1, 0.15) is 0 Å². The summed E-state index contributed by atoms with van der Waals surface area (Å²) in [5.74, 6) is 0.728. The average molecular weight is 184 g/mol. The fourth-order valence-electron chi connectivity index (χ4n) is 2.38. The number of aliphatic hydroxyl groups is 1. The molecule has 0 aliphatic heterocycles. The third-order valence-electron chi connectivity index (χ3n) is 3.47. The van der Waals surface area contributed by atoms with Gasteiger partial charge >= 0.3 is 0 Å². The lowest BCUT2D eigenvalue weighted by molar-refractivity contribution is -0.125. The second-order valence-electron chi connectivity index (χ2n) is 4.68. The molecule has 0 heterocycles. The summed E-state index contributed by atoms with van der Waals surface area (Å²) in [6, 6.07) is 0. The highest BCUT2D eigenvalue weighted by molar-refractivity contribution is 4.82. The van der Waals surface area contributed by atoms with Crippen molar-refractivity contribution in [1.29, 1.82) is 0 Å². The van der Waals surface area contributed by atoms with Gasteiger partial charge in [-0.25, -0.2) is 0 Å². The number of hydrogen-bond donors (Lipinski definition) is 1. The van der Waals surface area contributed by atoms with Crippen molar-refractivity contribution in [2.45, 2.75) is 63.8 Å². The van der Waals surface area contributed by atoms with Crippen LogP contribution in [0.3, 0.4) is 0 Å². The van der Waals surface area contributed by atoms with Gasteiger partial charge in [-0.05, 0) is 31.6 Å². The molecule has 76 valence electrons. The molecule has 0 saturated heterocycles. The minimum absolute atomic E-state index is 0.0797. The van der Waals surface area contributed by atoms with Crippen LogP contribution in [0.25, 0.3) is 0 Å². The molecule has 2 rings (SSSR count). The molecule has 2 fully saturated rings. The maximum absolute atomic E-state index is 9.13. The summed E-state index contributed by atoms with van der Waals surface area (Å²) >= 11 is 0. The molecule has 0 aromatic carbocycles. The van der Waals surface area contributed by atoms with E-state index in [9.17, 15) is 0 Å². The van der Waals surface area contributed by atoms with E-state index in [-0.39, 0.29) is 6.10 Å². The second-order valence-corrected chi connectivity index (χ2v) is 4.68. The van der Waals surface area contributed by atoms with Gasteiger partial charge in [-0.3, -0.25) is 0 Å². The van der Waals surface area contributed by atoms with E-state index < -0.39 is 0 Å². The molecule has 0 bridgehead atoms. The topological polar surface area (TPSA) is 29.5 Å². The smallest absolute Gasteiger partial charge is 0.0628 e. The van der Waals surface area contributed by atoms with Gasteiger partial charge in [-0.2, -0.15) is 0 Å². The Labute approximate surface area is 80.3 Å². The van der Waals surface area contributed by atoms with Crippen molar-refractivity contribution in [2.24, 2.45) is 5.92 Å². The second kappa shape index (κ2) is 3.97. The summed E-state index contributed by atoms with van der Waals surface area (Å²) in [5.41, 5.74) is 0. The van der Waals surface area contributed by atoms with Gasteiger partial charge in [0.25, 0.3) is 0 Å². The van der Waals surface area contributed by atoms with E-state index in [1.165, 1.54) is 25.7 Å². The largest absolute Gasteiger partial charge is 0.393 e. The van der Waals surface area contributed by atoms with Gasteiger partial charge in [0.15, 0.2) is 0 Å². The minimum Gasteiger partial charge on any atom is -0.393 e. The Bertz CT molecular complexity index is 163. The van der Waals surface area contributed by atoms with Crippen LogP contribution in [0.5, 0.6) is 0 Å². The number of aliphatic hydroxyl groups excluding tert-OH is 1. The number of hydrogen-bond acceptors (Lipinski definition) is 2. The zero-order valence-corrected chi connectivity index (χ0v) is 8.41. The third kappa shape index (κ3) is 2.23. The standard InChI is InChI=1S/C11H20O2/c1-8-4-2-3-5-11(8)13-10-6-9(12)7-10/h8-12H,2-7H2,1H3. The summed E-state index contributed by atoms with van der Waals surface area (Å²) in [5, 5.41) is 9.13. The van der Waals surface area contributed by atoms with Crippen molar-refractivity contribution in [2.75, 3.05) is 0 Å². The minimum atomic E-state index is -0.0797. The molecule has 13 heavy (non-hydrogen) atoms. The summed E-state index contributed by atoms with van der Waals surface area (Å²) in [4.78, 5) is 0. The first-order chi connectivity index (χ1) is 6.25. The van der Waals surface area contributed by atoms with Crippen LogP contribution in [0.4, 0.5) is 0 Å². The molecule has 0 radical (unpaired) electrons. The van der Waals surface area contributed by atoms with E-state index in [1.807, 2.05) is 0 Å². The zero-order valence-electron chi connectivity index (χ0n) is 8.41. The van der Waals surface area contributed by atoms with E-state index in [0.29, 0.717) is 12.2 Å². The lowest BCUT2D eigenvalue weighted by Crippen LogP contribution is -2.40. The highest BCUT2D eigenvalue weighted by atomic mass is 16.5. The van der Waals surface area contributed by atoms with Gasteiger partial charge in [0, 0.05) is 0 Å². The summed E-state index contributed by atoms with van der Waals surface area (Å²) < 4.78 is 5.95. The van der Waals surface area contributed by atoms with Crippen LogP contribution in [0.1, 0.15) is 45.4 Å². The van der Waals surface area contributed by atoms with E-state index in [4.69, 9.17) is 9.84 Å². The Kier molecular flexibility index (Phi) is 2.89. The Morgan fingerprint density at radius 1 is 1.15 bits per heavy atom. The van der Waals surface area contributed by atoms with Gasteiger partial charge in [-0.15, -0.1) is 0 Å². The first-order valence-electron chi connectivity index (χ1n) is 5.59. The number of ether oxygens (including phenoxy) is 1. The van der Waals surface area contributed by atoms with Crippen LogP contribution in [0.15, 0.2) is 0 Å². The van der Waals surface area contributed by atoms with Crippen molar-refractivity contribution in [1.82, 2.24) is 0 Å². The van der Waals surface area contributed by atoms with E-state index in [0.717, 1.165) is 18.8 Å². The first-order valence-corrected chi connectivity index (χ1v) is 5.59. The lowest BCUT2D eigenvalue weighted by Gasteiger charge is -2.38. The van der Waals surface area contributed by atoms with Crippen LogP contribution in [-0.2, 0) is 4.74 Å². The van der Waals surface area contributed by atoms with Crippen molar-refractivity contribution < 1.29 is 9.84 Å². The molecule has 0 amide bonds. The van der Waals surface area contributed by atoms with Crippen molar-refractivity contribution in [3.05, 3.63) is 0 Å². The summed E-state index contributed by atoms with van der Waals surface area (Å²) in [7, 11) is 0. The Balaban J connectivity index is 1.73. The Morgan fingerprint density at radius 3 is 2.46 bits per heavy atom. The molecule has 2 heteroatoms. The molecule has 0 spiro atoms. The zero-order chi connectivity index (χ0) is 9.26. The molecule has 2 saturated carbocycles. The normalized spacial score (nSPS) is 45.7. The fourth-order valence-corrected chi connectivity index (χ4v) is 2.38. The highest BCUT2D eigenvalue weighted by Crippen LogP contribution is 2.31. The van der Waals surface area contributed by atoms with Crippen molar-refractivity contribution in [3.8, 4) is 0 Å². The average Bonchev–Trinajstić information content (AvgIpc) is 2.06. The highest BCUT2D eigenvalue weighted by Gasteiger charge is 2.32. The molecule has 2 unspecified atom stereocenters. The molecule has 2 aliphatic rings. The first kappa shape index (κ1) is 9.47. The summed E-state index contributed by atoms with van der Waals surface area (Å²) in [6.45, 7) is 2.29. The van der Waals surface area contributed by atoms with E-state index in [2.05, 4.69) is 6.92 Å². The van der Waals surface area contributed by atoms with E-state index >= 15 is 0 Å². The van der Waals surface area contributed by atoms with Gasteiger partial charge in [-0.1, -0.05) is 19.8 Å². The molecule has 2 nitrogen and oxygen atoms in total. The van der Waals surface area contributed by atoms with Crippen LogP contribution < -0.4 is 0 Å². The molecular formula is C11H20O2. The molecule has 1 N–H and O–H groups in total.